The monoisotopic (exact) mass is 360 g/mol. The Kier molecular flexibility index (Phi) is 4.85. The number of carboxylic acids is 1. The van der Waals surface area contributed by atoms with E-state index in [-0.39, 0.29) is 0 Å². The molecule has 1 unspecified atom stereocenters. The van der Waals surface area contributed by atoms with E-state index in [4.69, 9.17) is 4.74 Å². The van der Waals surface area contributed by atoms with Crippen LogP contribution in [0.5, 0.6) is 5.75 Å². The minimum atomic E-state index is -0.893. The van der Waals surface area contributed by atoms with Crippen molar-refractivity contribution >= 4 is 5.97 Å². The van der Waals surface area contributed by atoms with Crippen molar-refractivity contribution in [3.63, 3.8) is 0 Å². The topological polar surface area (TPSA) is 62.7 Å². The Morgan fingerprint density at radius 3 is 2.56 bits per heavy atom. The Morgan fingerprint density at radius 1 is 1.07 bits per heavy atom. The number of pyridine rings is 1. The first-order valence-corrected chi connectivity index (χ1v) is 8.90. The number of aliphatic carboxylic acids is 1. The Labute approximate surface area is 157 Å². The van der Waals surface area contributed by atoms with Gasteiger partial charge in [-0.15, -0.1) is 0 Å². The number of nitrogens with zero attached hydrogens (tertiary/aromatic N) is 2. The molecule has 27 heavy (non-hydrogen) atoms. The van der Waals surface area contributed by atoms with Gasteiger partial charge >= 0.3 is 5.97 Å². The molecule has 5 nitrogen and oxygen atoms in total. The summed E-state index contributed by atoms with van der Waals surface area (Å²) >= 11 is 0. The lowest BCUT2D eigenvalue weighted by Gasteiger charge is -2.26. The van der Waals surface area contributed by atoms with E-state index >= 15 is 0 Å². The van der Waals surface area contributed by atoms with Crippen LogP contribution in [0.4, 0.5) is 0 Å². The van der Waals surface area contributed by atoms with Gasteiger partial charge in [-0.25, -0.2) is 0 Å². The van der Waals surface area contributed by atoms with Crippen LogP contribution in [0.15, 0.2) is 73.1 Å². The largest absolute Gasteiger partial charge is 0.492 e. The predicted octanol–water partition coefficient (Wildman–Crippen LogP) is 3.77. The van der Waals surface area contributed by atoms with Gasteiger partial charge in [0.2, 0.25) is 0 Å². The van der Waals surface area contributed by atoms with Crippen molar-refractivity contribution in [2.45, 2.75) is 12.6 Å². The molecule has 0 amide bonds. The van der Waals surface area contributed by atoms with Gasteiger partial charge in [0.05, 0.1) is 0 Å². The molecule has 0 spiro atoms. The standard InChI is InChI=1S/C22H20N2O3/c25-22(26)21-19-14-23-11-10-20(19)27-13-12-24(21)15-16-6-8-18(9-7-16)17-4-2-1-3-5-17/h1-11,14,21H,12-13,15H2,(H,25,26). The molecule has 0 saturated heterocycles. The van der Waals surface area contributed by atoms with E-state index in [2.05, 4.69) is 41.4 Å². The van der Waals surface area contributed by atoms with Gasteiger partial charge in [-0.05, 0) is 22.8 Å². The second kappa shape index (κ2) is 7.60. The molecule has 0 radical (unpaired) electrons. The van der Waals surface area contributed by atoms with E-state index in [1.165, 1.54) is 0 Å². The Balaban J connectivity index is 1.58. The number of ether oxygens (including phenoxy) is 1. The van der Waals surface area contributed by atoms with Crippen LogP contribution in [0.25, 0.3) is 11.1 Å². The minimum Gasteiger partial charge on any atom is -0.492 e. The first-order chi connectivity index (χ1) is 13.2. The van der Waals surface area contributed by atoms with Crippen molar-refractivity contribution < 1.29 is 14.6 Å². The van der Waals surface area contributed by atoms with E-state index in [0.29, 0.717) is 31.0 Å². The minimum absolute atomic E-state index is 0.447. The highest BCUT2D eigenvalue weighted by Crippen LogP contribution is 2.32. The molecule has 5 heteroatoms. The summed E-state index contributed by atoms with van der Waals surface area (Å²) in [5.74, 6) is -0.296. The fraction of sp³-hybridized carbons (Fsp3) is 0.182. The number of rotatable bonds is 4. The third-order valence-electron chi connectivity index (χ3n) is 4.79. The van der Waals surface area contributed by atoms with Gasteiger partial charge in [0, 0.05) is 31.0 Å². The van der Waals surface area contributed by atoms with E-state index in [1.54, 1.807) is 18.5 Å². The van der Waals surface area contributed by atoms with Gasteiger partial charge in [0.15, 0.2) is 0 Å². The molecule has 0 bridgehead atoms. The Hall–Kier alpha value is -3.18. The maximum Gasteiger partial charge on any atom is 0.325 e. The van der Waals surface area contributed by atoms with E-state index in [9.17, 15) is 9.90 Å². The summed E-state index contributed by atoms with van der Waals surface area (Å²) in [4.78, 5) is 18.0. The molecule has 1 N–H and O–H groups in total. The van der Waals surface area contributed by atoms with Crippen LogP contribution in [0.3, 0.4) is 0 Å². The van der Waals surface area contributed by atoms with Crippen LogP contribution < -0.4 is 4.74 Å². The average molecular weight is 360 g/mol. The first-order valence-electron chi connectivity index (χ1n) is 8.90. The zero-order valence-corrected chi connectivity index (χ0v) is 14.8. The lowest BCUT2D eigenvalue weighted by Crippen LogP contribution is -2.34. The highest BCUT2D eigenvalue weighted by atomic mass is 16.5. The summed E-state index contributed by atoms with van der Waals surface area (Å²) in [6.07, 6.45) is 3.21. The number of hydrogen-bond acceptors (Lipinski definition) is 4. The summed E-state index contributed by atoms with van der Waals surface area (Å²) in [6, 6.07) is 19.4. The number of carbonyl (C=O) groups is 1. The zero-order chi connectivity index (χ0) is 18.6. The number of benzene rings is 2. The van der Waals surface area contributed by atoms with Crippen molar-refractivity contribution in [2.24, 2.45) is 0 Å². The molecule has 1 aromatic heterocycles. The first kappa shape index (κ1) is 17.2. The van der Waals surface area contributed by atoms with E-state index < -0.39 is 12.0 Å². The van der Waals surface area contributed by atoms with Crippen LogP contribution in [0.2, 0.25) is 0 Å². The van der Waals surface area contributed by atoms with Gasteiger partial charge in [0.1, 0.15) is 18.4 Å². The van der Waals surface area contributed by atoms with Crippen LogP contribution in [0.1, 0.15) is 17.2 Å². The lowest BCUT2D eigenvalue weighted by atomic mass is 10.0. The number of hydrogen-bond donors (Lipinski definition) is 1. The lowest BCUT2D eigenvalue weighted by molar-refractivity contribution is -0.143. The van der Waals surface area contributed by atoms with Crippen LogP contribution in [-0.2, 0) is 11.3 Å². The number of fused-ring (bicyclic) bond motifs is 1. The van der Waals surface area contributed by atoms with Crippen molar-refractivity contribution in [1.82, 2.24) is 9.88 Å². The van der Waals surface area contributed by atoms with Crippen molar-refractivity contribution in [3.8, 4) is 16.9 Å². The molecule has 1 atom stereocenters. The molecule has 1 aliphatic rings. The molecule has 3 aromatic rings. The molecule has 0 saturated carbocycles. The second-order valence-corrected chi connectivity index (χ2v) is 6.54. The van der Waals surface area contributed by atoms with Gasteiger partial charge in [0.25, 0.3) is 0 Å². The summed E-state index contributed by atoms with van der Waals surface area (Å²) in [7, 11) is 0. The van der Waals surface area contributed by atoms with E-state index in [0.717, 1.165) is 16.7 Å². The zero-order valence-electron chi connectivity index (χ0n) is 14.8. The molecular formula is C22H20N2O3. The van der Waals surface area contributed by atoms with Gasteiger partial charge in [-0.3, -0.25) is 14.7 Å². The average Bonchev–Trinajstić information content (AvgIpc) is 2.88. The van der Waals surface area contributed by atoms with Crippen molar-refractivity contribution in [3.05, 3.63) is 84.2 Å². The van der Waals surface area contributed by atoms with Crippen molar-refractivity contribution in [1.29, 1.82) is 0 Å². The molecule has 4 rings (SSSR count). The maximum atomic E-state index is 12.0. The summed E-state index contributed by atoms with van der Waals surface area (Å²) < 4.78 is 5.73. The van der Waals surface area contributed by atoms with Crippen LogP contribution >= 0.6 is 0 Å². The van der Waals surface area contributed by atoms with Gasteiger partial charge in [-0.1, -0.05) is 54.6 Å². The molecular weight excluding hydrogens is 340 g/mol. The third kappa shape index (κ3) is 3.68. The highest BCUT2D eigenvalue weighted by molar-refractivity contribution is 5.76. The Morgan fingerprint density at radius 2 is 1.81 bits per heavy atom. The molecule has 2 aromatic carbocycles. The predicted molar refractivity (Wildman–Crippen MR) is 102 cm³/mol. The maximum absolute atomic E-state index is 12.0. The quantitative estimate of drug-likeness (QED) is 0.767. The van der Waals surface area contributed by atoms with Crippen LogP contribution in [-0.4, -0.2) is 34.1 Å². The number of aromatic nitrogens is 1. The summed E-state index contributed by atoms with van der Waals surface area (Å²) in [6.45, 7) is 1.51. The van der Waals surface area contributed by atoms with Gasteiger partial charge < -0.3 is 9.84 Å². The highest BCUT2D eigenvalue weighted by Gasteiger charge is 2.32. The molecule has 136 valence electrons. The Bertz CT molecular complexity index is 926. The smallest absolute Gasteiger partial charge is 0.325 e. The summed E-state index contributed by atoms with van der Waals surface area (Å²) in [5, 5.41) is 9.83. The van der Waals surface area contributed by atoms with Crippen molar-refractivity contribution in [2.75, 3.05) is 13.2 Å². The summed E-state index contributed by atoms with van der Waals surface area (Å²) in [5.41, 5.74) is 3.97. The molecule has 0 aliphatic carbocycles. The fourth-order valence-corrected chi connectivity index (χ4v) is 3.46. The normalized spacial score (nSPS) is 16.8. The van der Waals surface area contributed by atoms with E-state index in [1.807, 2.05) is 23.1 Å². The van der Waals surface area contributed by atoms with Crippen LogP contribution in [0, 0.1) is 0 Å². The third-order valence-corrected chi connectivity index (χ3v) is 4.79. The van der Waals surface area contributed by atoms with Gasteiger partial charge in [-0.2, -0.15) is 0 Å². The SMILES string of the molecule is O=C(O)C1c2cnccc2OCCN1Cc1ccc(-c2ccccc2)cc1. The second-order valence-electron chi connectivity index (χ2n) is 6.54. The molecule has 2 heterocycles. The molecule has 1 aliphatic heterocycles. The fourth-order valence-electron chi connectivity index (χ4n) is 3.46. The molecule has 0 fully saturated rings. The number of carboxylic acid groups (broad SMARTS) is 1.